The van der Waals surface area contributed by atoms with Gasteiger partial charge in [0.2, 0.25) is 0 Å². The van der Waals surface area contributed by atoms with Crippen molar-refractivity contribution in [3.8, 4) is 0 Å². The molecule has 1 unspecified atom stereocenters. The molecule has 0 radical (unpaired) electrons. The minimum absolute atomic E-state index is 0.254. The van der Waals surface area contributed by atoms with E-state index in [0.717, 1.165) is 0 Å². The van der Waals surface area contributed by atoms with Crippen molar-refractivity contribution in [1.82, 2.24) is 0 Å². The molecule has 0 bridgehead atoms. The van der Waals surface area contributed by atoms with Crippen LogP contribution >= 0.6 is 0 Å². The van der Waals surface area contributed by atoms with Crippen LogP contribution in [0, 0.1) is 0 Å². The van der Waals surface area contributed by atoms with E-state index >= 15 is 0 Å². The Morgan fingerprint density at radius 3 is 1.49 bits per heavy atom. The van der Waals surface area contributed by atoms with Gasteiger partial charge in [-0.05, 0) is 48.5 Å². The Bertz CT molecular complexity index is 1500. The molecule has 1 aliphatic heterocycles. The number of rotatable bonds is 9. The smallest absolute Gasteiger partial charge is 0.338 e. The minimum atomic E-state index is -1.84. The van der Waals surface area contributed by atoms with Gasteiger partial charge in [0, 0.05) is 4.90 Å². The van der Waals surface area contributed by atoms with E-state index < -0.39 is 52.5 Å². The van der Waals surface area contributed by atoms with Crippen LogP contribution in [0.3, 0.4) is 0 Å². The molecule has 5 atom stereocenters. The van der Waals surface area contributed by atoms with Gasteiger partial charge in [0.05, 0.1) is 27.5 Å². The maximum atomic E-state index is 13.7. The second kappa shape index (κ2) is 13.2. The molecule has 9 heteroatoms. The lowest BCUT2D eigenvalue weighted by atomic mass is 10.1. The number of esters is 3. The van der Waals surface area contributed by atoms with Crippen molar-refractivity contribution in [3.05, 3.63) is 138 Å². The molecule has 41 heavy (non-hydrogen) atoms. The summed E-state index contributed by atoms with van der Waals surface area (Å²) in [6.45, 7) is -0.345. The first-order valence-electron chi connectivity index (χ1n) is 12.9. The Hall–Kier alpha value is -4.60. The zero-order valence-electron chi connectivity index (χ0n) is 21.7. The first kappa shape index (κ1) is 27.9. The average Bonchev–Trinajstić information content (AvgIpc) is 3.37. The maximum absolute atomic E-state index is 13.7. The van der Waals surface area contributed by atoms with Crippen LogP contribution < -0.4 is 0 Å². The Morgan fingerprint density at radius 2 is 1.00 bits per heavy atom. The van der Waals surface area contributed by atoms with Crippen molar-refractivity contribution < 1.29 is 37.5 Å². The minimum Gasteiger partial charge on any atom is -0.459 e. The fourth-order valence-electron chi connectivity index (χ4n) is 4.30. The van der Waals surface area contributed by atoms with Crippen LogP contribution in [-0.4, -0.2) is 52.5 Å². The third-order valence-corrected chi connectivity index (χ3v) is 7.89. The van der Waals surface area contributed by atoms with Crippen molar-refractivity contribution in [3.63, 3.8) is 0 Å². The average molecular weight is 572 g/mol. The third kappa shape index (κ3) is 6.77. The number of hydrogen-bond donors (Lipinski definition) is 0. The zero-order valence-corrected chi connectivity index (χ0v) is 22.6. The van der Waals surface area contributed by atoms with Crippen LogP contribution in [0.15, 0.2) is 126 Å². The molecule has 4 aromatic rings. The van der Waals surface area contributed by atoms with Gasteiger partial charge in [-0.3, -0.25) is 4.21 Å². The second-order valence-corrected chi connectivity index (χ2v) is 10.6. The number of ether oxygens (including phenoxy) is 4. The highest BCUT2D eigenvalue weighted by Crippen LogP contribution is 2.33. The van der Waals surface area contributed by atoms with Crippen molar-refractivity contribution in [1.29, 1.82) is 0 Å². The van der Waals surface area contributed by atoms with Gasteiger partial charge in [-0.1, -0.05) is 72.8 Å². The van der Waals surface area contributed by atoms with Crippen molar-refractivity contribution in [2.24, 2.45) is 0 Å². The maximum Gasteiger partial charge on any atom is 0.338 e. The first-order chi connectivity index (χ1) is 20.0. The fraction of sp³-hybridized carbons (Fsp3) is 0.156. The molecule has 8 nitrogen and oxygen atoms in total. The summed E-state index contributed by atoms with van der Waals surface area (Å²) in [7, 11) is -1.84. The van der Waals surface area contributed by atoms with Gasteiger partial charge >= 0.3 is 17.9 Å². The van der Waals surface area contributed by atoms with E-state index in [1.165, 1.54) is 0 Å². The van der Waals surface area contributed by atoms with Crippen LogP contribution in [0.2, 0.25) is 0 Å². The molecule has 1 heterocycles. The molecule has 4 aromatic carbocycles. The highest BCUT2D eigenvalue weighted by atomic mass is 32.2. The van der Waals surface area contributed by atoms with E-state index in [1.807, 2.05) is 0 Å². The van der Waals surface area contributed by atoms with Crippen LogP contribution in [-0.2, 0) is 29.7 Å². The van der Waals surface area contributed by atoms with Gasteiger partial charge in [0.1, 0.15) is 12.7 Å². The lowest BCUT2D eigenvalue weighted by Crippen LogP contribution is -2.42. The largest absolute Gasteiger partial charge is 0.459 e. The zero-order chi connectivity index (χ0) is 28.6. The van der Waals surface area contributed by atoms with Crippen molar-refractivity contribution in [2.75, 3.05) is 6.61 Å². The number of carbonyl (C=O) groups excluding carboxylic acids is 3. The summed E-state index contributed by atoms with van der Waals surface area (Å²) in [6, 6.07) is 33.4. The molecule has 0 spiro atoms. The number of benzene rings is 4. The Labute approximate surface area is 239 Å². The fourth-order valence-corrected chi connectivity index (χ4v) is 5.69. The molecule has 1 aliphatic rings. The van der Waals surface area contributed by atoms with Crippen molar-refractivity contribution in [2.45, 2.75) is 28.6 Å². The molecule has 0 aromatic heterocycles. The van der Waals surface area contributed by atoms with E-state index in [2.05, 4.69) is 0 Å². The lowest BCUT2D eigenvalue weighted by molar-refractivity contribution is -0.0435. The first-order valence-corrected chi connectivity index (χ1v) is 14.1. The van der Waals surface area contributed by atoms with E-state index in [9.17, 15) is 18.6 Å². The molecular weight excluding hydrogens is 545 g/mol. The summed E-state index contributed by atoms with van der Waals surface area (Å²) in [5.74, 6) is -2.03. The predicted octanol–water partition coefficient (Wildman–Crippen LogP) is 4.83. The SMILES string of the molecule is O=C(OC[C@H]1O[13C@@H](S(=O)c2ccccc2)[C@H](OC(=O)c2ccccc2)[C@@H]1OC(=O)c1ccccc1)c1ccccc1. The summed E-state index contributed by atoms with van der Waals surface area (Å²) < 4.78 is 37.1. The quantitative estimate of drug-likeness (QED) is 0.160. The standard InChI is InChI=1S/C32H26O8S/c33-29(22-13-5-1-6-14-22)37-21-26-27(39-30(34)23-15-7-2-8-16-23)28(40-31(35)24-17-9-3-10-18-24)32(38-26)41(36)25-19-11-4-12-20-25/h1-20,26-28,32H,21H2/t26-,27-,28-,32+,41?/m1/s1/i32+1. The second-order valence-electron chi connectivity index (χ2n) is 9.09. The summed E-state index contributed by atoms with van der Waals surface area (Å²) in [5, 5.41) is 0. The van der Waals surface area contributed by atoms with E-state index in [4.69, 9.17) is 18.9 Å². The molecule has 0 saturated carbocycles. The Kier molecular flexibility index (Phi) is 8.98. The van der Waals surface area contributed by atoms with Gasteiger partial charge in [0.25, 0.3) is 0 Å². The van der Waals surface area contributed by atoms with E-state index in [-0.39, 0.29) is 17.7 Å². The summed E-state index contributed by atoms with van der Waals surface area (Å²) >= 11 is 0. The van der Waals surface area contributed by atoms with Crippen LogP contribution in [0.1, 0.15) is 31.1 Å². The topological polar surface area (TPSA) is 105 Å². The van der Waals surface area contributed by atoms with Crippen LogP contribution in [0.25, 0.3) is 0 Å². The lowest BCUT2D eigenvalue weighted by Gasteiger charge is -2.24. The van der Waals surface area contributed by atoms with E-state index in [1.54, 1.807) is 121 Å². The molecule has 1 fully saturated rings. The summed E-state index contributed by atoms with van der Waals surface area (Å²) in [5.41, 5.74) is -0.393. The van der Waals surface area contributed by atoms with Gasteiger partial charge in [0.15, 0.2) is 17.6 Å². The number of carbonyl (C=O) groups is 3. The summed E-state index contributed by atoms with van der Waals surface area (Å²) in [4.78, 5) is 39.4. The third-order valence-electron chi connectivity index (χ3n) is 6.35. The highest BCUT2D eigenvalue weighted by molar-refractivity contribution is 7.85. The Balaban J connectivity index is 1.46. The monoisotopic (exact) mass is 571 g/mol. The van der Waals surface area contributed by atoms with Gasteiger partial charge < -0.3 is 18.9 Å². The molecular formula is C32H26O8S. The molecule has 0 amide bonds. The molecule has 5 rings (SSSR count). The molecule has 0 aliphatic carbocycles. The van der Waals surface area contributed by atoms with Crippen LogP contribution in [0.5, 0.6) is 0 Å². The highest BCUT2D eigenvalue weighted by Gasteiger charge is 2.53. The Morgan fingerprint density at radius 1 is 0.585 bits per heavy atom. The summed E-state index contributed by atoms with van der Waals surface area (Å²) in [6.07, 6.45) is -3.60. The van der Waals surface area contributed by atoms with Gasteiger partial charge in [-0.25, -0.2) is 14.4 Å². The molecule has 1 saturated heterocycles. The predicted molar refractivity (Wildman–Crippen MR) is 150 cm³/mol. The molecule has 208 valence electrons. The van der Waals surface area contributed by atoms with Crippen LogP contribution in [0.4, 0.5) is 0 Å². The van der Waals surface area contributed by atoms with Gasteiger partial charge in [-0.15, -0.1) is 0 Å². The van der Waals surface area contributed by atoms with Crippen molar-refractivity contribution >= 4 is 28.7 Å². The normalized spacial score (nSPS) is 20.5. The van der Waals surface area contributed by atoms with E-state index in [0.29, 0.717) is 10.5 Å². The number of hydrogen-bond acceptors (Lipinski definition) is 8. The van der Waals surface area contributed by atoms with Gasteiger partial charge in [-0.2, -0.15) is 0 Å². The molecule has 0 N–H and O–H groups in total.